The van der Waals surface area contributed by atoms with E-state index in [0.717, 1.165) is 16.7 Å². The summed E-state index contributed by atoms with van der Waals surface area (Å²) in [5.74, 6) is -0.0517. The van der Waals surface area contributed by atoms with Crippen LogP contribution in [-0.4, -0.2) is 40.9 Å². The molecule has 0 aliphatic rings. The summed E-state index contributed by atoms with van der Waals surface area (Å²) >= 11 is 0. The Labute approximate surface area is 207 Å². The molecule has 4 aromatic rings. The van der Waals surface area contributed by atoms with Gasteiger partial charge in [-0.25, -0.2) is 9.78 Å². The second-order valence-electron chi connectivity index (χ2n) is 7.57. The third kappa shape index (κ3) is 5.49. The number of nitrogens with zero attached hydrogens (tertiary/aromatic N) is 3. The first kappa shape index (κ1) is 24.4. The Balaban J connectivity index is 1.48. The van der Waals surface area contributed by atoms with Gasteiger partial charge < -0.3 is 24.1 Å². The minimum atomic E-state index is -0.980. The number of nitrogens with one attached hydrogen (secondary N) is 1. The lowest BCUT2D eigenvalue weighted by atomic mass is 10.0. The van der Waals surface area contributed by atoms with Crippen molar-refractivity contribution in [3.05, 3.63) is 78.4 Å². The lowest BCUT2D eigenvalue weighted by molar-refractivity contribution is 0.0914. The Hall–Kier alpha value is -4.73. The van der Waals surface area contributed by atoms with Crippen LogP contribution in [-0.2, 0) is 4.74 Å². The maximum atomic E-state index is 13.0. The Kier molecular flexibility index (Phi) is 7.54. The maximum absolute atomic E-state index is 13.0. The number of methoxy groups -OCH3 is 1. The van der Waals surface area contributed by atoms with E-state index in [-0.39, 0.29) is 29.6 Å². The number of rotatable bonds is 8. The Morgan fingerprint density at radius 3 is 2.39 bits per heavy atom. The average Bonchev–Trinajstić information content (AvgIpc) is 3.40. The fourth-order valence-electron chi connectivity index (χ4n) is 3.38. The van der Waals surface area contributed by atoms with E-state index < -0.39 is 18.1 Å². The van der Waals surface area contributed by atoms with Crippen LogP contribution in [0.1, 0.15) is 36.2 Å². The van der Waals surface area contributed by atoms with Crippen molar-refractivity contribution in [3.63, 3.8) is 0 Å². The van der Waals surface area contributed by atoms with Crippen LogP contribution in [0.25, 0.3) is 22.6 Å². The standard InChI is InChI=1S/C26H24N4O6/c1-4-34-26(32)35-22-20(33-3)14-15-27-21(22)24(31)28-16(2)23-29-25(36-30-23)19-12-10-18(11-13-19)17-8-6-5-7-9-17/h5-16H,4H2,1-3H3,(H,28,31)/t16-/m0/s1. The van der Waals surface area contributed by atoms with Crippen LogP contribution in [0.4, 0.5) is 4.79 Å². The van der Waals surface area contributed by atoms with Gasteiger partial charge in [0.25, 0.3) is 11.8 Å². The Morgan fingerprint density at radius 2 is 1.69 bits per heavy atom. The summed E-state index contributed by atoms with van der Waals surface area (Å²) in [5, 5.41) is 6.73. The van der Waals surface area contributed by atoms with Crippen molar-refractivity contribution in [2.45, 2.75) is 19.9 Å². The maximum Gasteiger partial charge on any atom is 0.514 e. The first-order chi connectivity index (χ1) is 17.5. The third-order valence-corrected chi connectivity index (χ3v) is 5.17. The average molecular weight is 489 g/mol. The molecule has 36 heavy (non-hydrogen) atoms. The van der Waals surface area contributed by atoms with E-state index in [1.165, 1.54) is 19.4 Å². The highest BCUT2D eigenvalue weighted by Crippen LogP contribution is 2.30. The number of benzene rings is 2. The minimum Gasteiger partial charge on any atom is -0.493 e. The Bertz CT molecular complexity index is 1340. The number of carbonyl (C=O) groups is 2. The second kappa shape index (κ2) is 11.1. The SMILES string of the molecule is CCOC(=O)Oc1c(OC)ccnc1C(=O)N[C@@H](C)c1noc(-c2ccc(-c3ccccc3)cc2)n1. The molecule has 10 nitrogen and oxygen atoms in total. The van der Waals surface area contributed by atoms with Gasteiger partial charge in [0, 0.05) is 17.8 Å². The van der Waals surface area contributed by atoms with E-state index in [9.17, 15) is 9.59 Å². The van der Waals surface area contributed by atoms with Gasteiger partial charge in [-0.3, -0.25) is 4.79 Å². The lowest BCUT2D eigenvalue weighted by Crippen LogP contribution is -2.29. The number of carbonyl (C=O) groups excluding carboxylic acids is 2. The van der Waals surface area contributed by atoms with Gasteiger partial charge in [0.15, 0.2) is 17.3 Å². The van der Waals surface area contributed by atoms with Crippen molar-refractivity contribution in [1.82, 2.24) is 20.4 Å². The van der Waals surface area contributed by atoms with Crippen LogP contribution < -0.4 is 14.8 Å². The summed E-state index contributed by atoms with van der Waals surface area (Å²) < 4.78 is 20.6. The molecule has 0 fully saturated rings. The predicted octanol–water partition coefficient (Wildman–Crippen LogP) is 4.83. The highest BCUT2D eigenvalue weighted by Gasteiger charge is 2.25. The van der Waals surface area contributed by atoms with Gasteiger partial charge in [-0.05, 0) is 37.1 Å². The summed E-state index contributed by atoms with van der Waals surface area (Å²) in [6, 6.07) is 18.5. The molecule has 0 aliphatic carbocycles. The molecule has 0 aliphatic heterocycles. The summed E-state index contributed by atoms with van der Waals surface area (Å²) in [5.41, 5.74) is 2.75. The minimum absolute atomic E-state index is 0.106. The number of hydrogen-bond donors (Lipinski definition) is 1. The first-order valence-electron chi connectivity index (χ1n) is 11.2. The van der Waals surface area contributed by atoms with Gasteiger partial charge in [-0.2, -0.15) is 4.98 Å². The molecule has 2 aromatic heterocycles. The molecule has 1 amide bonds. The number of pyridine rings is 1. The van der Waals surface area contributed by atoms with Crippen molar-refractivity contribution in [3.8, 4) is 34.1 Å². The van der Waals surface area contributed by atoms with E-state index in [2.05, 4.69) is 20.4 Å². The third-order valence-electron chi connectivity index (χ3n) is 5.17. The zero-order chi connectivity index (χ0) is 25.5. The summed E-state index contributed by atoms with van der Waals surface area (Å²) in [6.07, 6.45) is 0.383. The number of aromatic nitrogens is 3. The molecule has 1 N–H and O–H groups in total. The lowest BCUT2D eigenvalue weighted by Gasteiger charge is -2.14. The van der Waals surface area contributed by atoms with Crippen LogP contribution in [0.15, 0.2) is 71.4 Å². The largest absolute Gasteiger partial charge is 0.514 e. The molecule has 0 spiro atoms. The number of ether oxygens (including phenoxy) is 3. The monoisotopic (exact) mass is 488 g/mol. The molecule has 0 bridgehead atoms. The second-order valence-corrected chi connectivity index (χ2v) is 7.57. The fourth-order valence-corrected chi connectivity index (χ4v) is 3.38. The van der Waals surface area contributed by atoms with Crippen LogP contribution in [0.2, 0.25) is 0 Å². The van der Waals surface area contributed by atoms with Crippen molar-refractivity contribution in [2.24, 2.45) is 0 Å². The fraction of sp³-hybridized carbons (Fsp3) is 0.192. The van der Waals surface area contributed by atoms with Gasteiger partial charge in [-0.1, -0.05) is 47.6 Å². The normalized spacial score (nSPS) is 11.4. The molecule has 0 saturated heterocycles. The van der Waals surface area contributed by atoms with E-state index in [1.54, 1.807) is 13.8 Å². The van der Waals surface area contributed by atoms with Crippen molar-refractivity contribution in [1.29, 1.82) is 0 Å². The molecule has 184 valence electrons. The van der Waals surface area contributed by atoms with Gasteiger partial charge >= 0.3 is 6.16 Å². The topological polar surface area (TPSA) is 126 Å². The highest BCUT2D eigenvalue weighted by molar-refractivity contribution is 5.96. The van der Waals surface area contributed by atoms with E-state index in [4.69, 9.17) is 18.7 Å². The van der Waals surface area contributed by atoms with E-state index in [1.807, 2.05) is 54.6 Å². The summed E-state index contributed by atoms with van der Waals surface area (Å²) in [7, 11) is 1.38. The van der Waals surface area contributed by atoms with Gasteiger partial charge in [0.1, 0.15) is 0 Å². The van der Waals surface area contributed by atoms with Crippen molar-refractivity contribution < 1.29 is 28.3 Å². The molecule has 2 aromatic carbocycles. The van der Waals surface area contributed by atoms with Crippen LogP contribution in [0.5, 0.6) is 11.5 Å². The van der Waals surface area contributed by atoms with Crippen LogP contribution in [0.3, 0.4) is 0 Å². The molecule has 1 atom stereocenters. The number of amides is 1. The molecule has 0 radical (unpaired) electrons. The Morgan fingerprint density at radius 1 is 1.00 bits per heavy atom. The molecule has 10 heteroatoms. The molecule has 4 rings (SSSR count). The smallest absolute Gasteiger partial charge is 0.493 e. The molecule has 0 unspecified atom stereocenters. The van der Waals surface area contributed by atoms with E-state index in [0.29, 0.717) is 5.89 Å². The first-order valence-corrected chi connectivity index (χ1v) is 11.2. The van der Waals surface area contributed by atoms with Gasteiger partial charge in [0.05, 0.1) is 19.8 Å². The molecule has 2 heterocycles. The predicted molar refractivity (Wildman–Crippen MR) is 129 cm³/mol. The van der Waals surface area contributed by atoms with Crippen molar-refractivity contribution >= 4 is 12.1 Å². The quantitative estimate of drug-likeness (QED) is 0.347. The zero-order valence-electron chi connectivity index (χ0n) is 19.9. The van der Waals surface area contributed by atoms with Crippen LogP contribution in [0, 0.1) is 0 Å². The van der Waals surface area contributed by atoms with Crippen molar-refractivity contribution in [2.75, 3.05) is 13.7 Å². The molecule has 0 saturated carbocycles. The summed E-state index contributed by atoms with van der Waals surface area (Å²) in [6.45, 7) is 3.43. The molecular formula is C26H24N4O6. The van der Waals surface area contributed by atoms with Gasteiger partial charge in [-0.15, -0.1) is 0 Å². The highest BCUT2D eigenvalue weighted by atomic mass is 16.7. The summed E-state index contributed by atoms with van der Waals surface area (Å²) in [4.78, 5) is 33.3. The van der Waals surface area contributed by atoms with Gasteiger partial charge in [0.2, 0.25) is 5.75 Å². The van der Waals surface area contributed by atoms with E-state index >= 15 is 0 Å². The van der Waals surface area contributed by atoms with Crippen LogP contribution >= 0.6 is 0 Å². The molecular weight excluding hydrogens is 464 g/mol. The number of hydrogen-bond acceptors (Lipinski definition) is 9. The zero-order valence-corrected chi connectivity index (χ0v) is 19.9.